The van der Waals surface area contributed by atoms with Crippen molar-refractivity contribution < 1.29 is 0 Å². The van der Waals surface area contributed by atoms with Gasteiger partial charge in [0.15, 0.2) is 0 Å². The summed E-state index contributed by atoms with van der Waals surface area (Å²) in [5, 5.41) is 0. The van der Waals surface area contributed by atoms with Crippen LogP contribution in [0.15, 0.2) is 11.1 Å². The molecule has 0 heteroatoms. The average molecular weight is 705 g/mol. The zero-order chi connectivity index (χ0) is 35.7. The van der Waals surface area contributed by atoms with Crippen molar-refractivity contribution in [2.24, 2.45) is 59.2 Å². The molecule has 0 radical (unpaired) electrons. The molecule has 7 aliphatic rings. The number of hydrogen-bond donors (Lipinski definition) is 0. The van der Waals surface area contributed by atoms with Crippen LogP contribution in [0.1, 0.15) is 252 Å². The summed E-state index contributed by atoms with van der Waals surface area (Å²) in [4.78, 5) is 0. The van der Waals surface area contributed by atoms with Gasteiger partial charge in [0.25, 0.3) is 0 Å². The van der Waals surface area contributed by atoms with Gasteiger partial charge in [-0.2, -0.15) is 0 Å². The molecule has 7 aliphatic carbocycles. The third kappa shape index (κ3) is 12.9. The minimum atomic E-state index is 0.869. The Morgan fingerprint density at radius 2 is 1.04 bits per heavy atom. The highest BCUT2D eigenvalue weighted by Gasteiger charge is 2.46. The smallest absolute Gasteiger partial charge is 0.0167 e. The summed E-state index contributed by atoms with van der Waals surface area (Å²) in [7, 11) is 0. The van der Waals surface area contributed by atoms with Gasteiger partial charge in [0.1, 0.15) is 0 Å². The van der Waals surface area contributed by atoms with Crippen molar-refractivity contribution >= 4 is 0 Å². The zero-order valence-corrected chi connectivity index (χ0v) is 35.5. The molecule has 0 nitrogen and oxygen atoms in total. The summed E-state index contributed by atoms with van der Waals surface area (Å²) in [6, 6.07) is 0. The zero-order valence-electron chi connectivity index (χ0n) is 35.5. The van der Waals surface area contributed by atoms with E-state index in [2.05, 4.69) is 27.7 Å². The third-order valence-electron chi connectivity index (χ3n) is 16.6. The second-order valence-electron chi connectivity index (χ2n) is 20.1. The lowest BCUT2D eigenvalue weighted by atomic mass is 9.53. The van der Waals surface area contributed by atoms with E-state index in [1.165, 1.54) is 173 Å². The van der Waals surface area contributed by atoms with Crippen LogP contribution in [-0.2, 0) is 0 Å². The van der Waals surface area contributed by atoms with Crippen LogP contribution in [0.5, 0.6) is 0 Å². The summed E-state index contributed by atoms with van der Waals surface area (Å²) in [5.74, 6) is 10.3. The van der Waals surface area contributed by atoms with Crippen LogP contribution >= 0.6 is 0 Å². The third-order valence-corrected chi connectivity index (χ3v) is 16.6. The minimum Gasteiger partial charge on any atom is -0.0671 e. The fourth-order valence-electron chi connectivity index (χ4n) is 13.7. The van der Waals surface area contributed by atoms with Crippen LogP contribution in [0.4, 0.5) is 0 Å². The molecular weight excluding hydrogens is 613 g/mol. The van der Waals surface area contributed by atoms with E-state index in [0.29, 0.717) is 0 Å². The van der Waals surface area contributed by atoms with E-state index in [9.17, 15) is 0 Å². The fourth-order valence-corrected chi connectivity index (χ4v) is 13.7. The van der Waals surface area contributed by atoms with Crippen LogP contribution in [0, 0.1) is 59.2 Å². The van der Waals surface area contributed by atoms with Gasteiger partial charge < -0.3 is 0 Å². The second-order valence-corrected chi connectivity index (χ2v) is 20.1. The highest BCUT2D eigenvalue weighted by atomic mass is 14.5. The molecule has 51 heavy (non-hydrogen) atoms. The Morgan fingerprint density at radius 3 is 1.65 bits per heavy atom. The quantitative estimate of drug-likeness (QED) is 0.166. The predicted octanol–water partition coefficient (Wildman–Crippen LogP) is 17.2. The van der Waals surface area contributed by atoms with Gasteiger partial charge in [0.2, 0.25) is 0 Å². The van der Waals surface area contributed by atoms with E-state index in [0.717, 1.165) is 59.2 Å². The van der Waals surface area contributed by atoms with Crippen molar-refractivity contribution in [2.45, 2.75) is 252 Å². The van der Waals surface area contributed by atoms with E-state index < -0.39 is 0 Å². The first-order valence-electron chi connectivity index (χ1n) is 24.8. The maximum absolute atomic E-state index is 2.63. The van der Waals surface area contributed by atoms with Gasteiger partial charge in [0, 0.05) is 0 Å². The number of hydrogen-bond acceptors (Lipinski definition) is 0. The maximum Gasteiger partial charge on any atom is -0.0167 e. The van der Waals surface area contributed by atoms with Gasteiger partial charge in [-0.1, -0.05) is 219 Å². The second kappa shape index (κ2) is 23.6. The predicted molar refractivity (Wildman–Crippen MR) is 226 cm³/mol. The molecule has 0 aromatic rings. The molecule has 0 spiro atoms. The Hall–Kier alpha value is -0.260. The Balaban J connectivity index is 0.000000204. The van der Waals surface area contributed by atoms with Gasteiger partial charge in [0.05, 0.1) is 0 Å². The van der Waals surface area contributed by atoms with Gasteiger partial charge in [-0.05, 0) is 104 Å². The van der Waals surface area contributed by atoms with Crippen molar-refractivity contribution in [3.05, 3.63) is 11.1 Å². The standard InChI is InChI=1S/C31H54.C13H24.C7H14/c1-4-6-8-15-23(3)31-28-20-13-11-18-26(28)30(27-19-12-14-21-29(27)31)22-24(5-2)25-16-9-7-10-17-25;1-2-4-8-12-10-6-7-11-13(12)9-5-3-1;1-7-5-3-2-4-6-7/h23-28,30H,4-22H2,1-3H3;12-13H,1-11H2;7H,2-6H2,1H3. The molecule has 6 fully saturated rings. The fraction of sp³-hybridized carbons (Fsp3) is 0.961. The Bertz CT molecular complexity index is 914. The highest BCUT2D eigenvalue weighted by Crippen LogP contribution is 2.57. The summed E-state index contributed by atoms with van der Waals surface area (Å²) in [6.45, 7) is 9.88. The number of rotatable bonds is 9. The van der Waals surface area contributed by atoms with Crippen LogP contribution in [0.25, 0.3) is 0 Å². The molecule has 0 heterocycles. The molecule has 0 amide bonds. The topological polar surface area (TPSA) is 0 Å². The monoisotopic (exact) mass is 705 g/mol. The van der Waals surface area contributed by atoms with Crippen LogP contribution < -0.4 is 0 Å². The molecule has 0 aliphatic heterocycles. The first kappa shape index (κ1) is 41.9. The maximum atomic E-state index is 2.63. The number of allylic oxidation sites excluding steroid dienone is 2. The van der Waals surface area contributed by atoms with Crippen molar-refractivity contribution in [1.82, 2.24) is 0 Å². The van der Waals surface area contributed by atoms with Crippen LogP contribution in [0.3, 0.4) is 0 Å². The normalized spacial score (nSPS) is 33.6. The van der Waals surface area contributed by atoms with E-state index in [-0.39, 0.29) is 0 Å². The lowest BCUT2D eigenvalue weighted by molar-refractivity contribution is 0.0660. The summed E-state index contributed by atoms with van der Waals surface area (Å²) in [6.07, 6.45) is 52.9. The average Bonchev–Trinajstić information content (AvgIpc) is 3.30. The number of fused-ring (bicyclic) bond motifs is 3. The molecule has 0 N–H and O–H groups in total. The summed E-state index contributed by atoms with van der Waals surface area (Å²) < 4.78 is 0. The Labute approximate surface area is 321 Å². The minimum absolute atomic E-state index is 0.869. The molecule has 8 unspecified atom stereocenters. The van der Waals surface area contributed by atoms with Crippen molar-refractivity contribution in [2.75, 3.05) is 0 Å². The van der Waals surface area contributed by atoms with Crippen LogP contribution in [0.2, 0.25) is 0 Å². The molecule has 0 aromatic carbocycles. The van der Waals surface area contributed by atoms with Crippen molar-refractivity contribution in [1.29, 1.82) is 0 Å². The van der Waals surface area contributed by atoms with Gasteiger partial charge in [-0.15, -0.1) is 0 Å². The Kier molecular flexibility index (Phi) is 19.4. The van der Waals surface area contributed by atoms with E-state index >= 15 is 0 Å². The lowest BCUT2D eigenvalue weighted by Gasteiger charge is -2.52. The molecule has 296 valence electrons. The highest BCUT2D eigenvalue weighted by molar-refractivity contribution is 5.29. The molecule has 0 bridgehead atoms. The largest absolute Gasteiger partial charge is 0.0671 e. The molecule has 7 rings (SSSR count). The van der Waals surface area contributed by atoms with E-state index in [4.69, 9.17) is 0 Å². The Morgan fingerprint density at radius 1 is 0.529 bits per heavy atom. The lowest BCUT2D eigenvalue weighted by Crippen LogP contribution is -2.42. The first-order valence-corrected chi connectivity index (χ1v) is 24.8. The first-order chi connectivity index (χ1) is 25.1. The molecule has 0 saturated heterocycles. The molecular formula is C51H92. The van der Waals surface area contributed by atoms with Gasteiger partial charge in [-0.3, -0.25) is 0 Å². The van der Waals surface area contributed by atoms with Gasteiger partial charge >= 0.3 is 0 Å². The van der Waals surface area contributed by atoms with E-state index in [1.807, 2.05) is 11.1 Å². The van der Waals surface area contributed by atoms with E-state index in [1.54, 1.807) is 51.4 Å². The summed E-state index contributed by atoms with van der Waals surface area (Å²) >= 11 is 0. The molecule has 0 aromatic heterocycles. The van der Waals surface area contributed by atoms with Gasteiger partial charge in [-0.25, -0.2) is 0 Å². The van der Waals surface area contributed by atoms with Crippen molar-refractivity contribution in [3.8, 4) is 0 Å². The molecule has 6 saturated carbocycles. The SMILES string of the molecule is C1CCCC2CCCCC2CCC1.CC1CCCCC1.CCCCCC(C)C1=C2CCCCC2C(CC(CC)C2CCCCC2)C2CCCCC12. The van der Waals surface area contributed by atoms with Crippen molar-refractivity contribution in [3.63, 3.8) is 0 Å². The summed E-state index contributed by atoms with van der Waals surface area (Å²) in [5.41, 5.74) is 4.09. The van der Waals surface area contributed by atoms with Crippen LogP contribution in [-0.4, -0.2) is 0 Å². The number of unbranched alkanes of at least 4 members (excludes halogenated alkanes) is 2. The molecule has 8 atom stereocenters.